The van der Waals surface area contributed by atoms with Gasteiger partial charge in [0.25, 0.3) is 0 Å². The first-order chi connectivity index (χ1) is 10.4. The average Bonchev–Trinajstić information content (AvgIpc) is 2.87. The van der Waals surface area contributed by atoms with E-state index in [1.807, 2.05) is 12.3 Å². The Morgan fingerprint density at radius 1 is 1.38 bits per heavy atom. The molecule has 1 N–H and O–H groups in total. The fraction of sp³-hybridized carbons (Fsp3) is 0.625. The van der Waals surface area contributed by atoms with Crippen LogP contribution in [0.15, 0.2) is 18.3 Å². The molecule has 2 aromatic rings. The van der Waals surface area contributed by atoms with E-state index in [9.17, 15) is 0 Å². The third-order valence-electron chi connectivity index (χ3n) is 4.23. The van der Waals surface area contributed by atoms with Crippen LogP contribution in [0.4, 0.5) is 0 Å². The number of aryl methyl sites for hydroxylation is 1. The van der Waals surface area contributed by atoms with Crippen molar-refractivity contribution in [2.75, 3.05) is 26.8 Å². The number of imidazole rings is 1. The second-order valence-corrected chi connectivity index (χ2v) is 5.77. The lowest BCUT2D eigenvalue weighted by atomic mass is 9.98. The number of nitrogens with one attached hydrogen (secondary N) is 1. The van der Waals surface area contributed by atoms with Crippen molar-refractivity contribution in [2.24, 2.45) is 5.92 Å². The van der Waals surface area contributed by atoms with Gasteiger partial charge in [0.1, 0.15) is 11.3 Å². The number of aromatic nitrogens is 3. The summed E-state index contributed by atoms with van der Waals surface area (Å²) in [5, 5.41) is 3.43. The molecule has 0 saturated carbocycles. The van der Waals surface area contributed by atoms with E-state index in [4.69, 9.17) is 9.72 Å². The Hall–Kier alpha value is -1.46. The van der Waals surface area contributed by atoms with Gasteiger partial charge in [-0.2, -0.15) is 0 Å². The number of hydrogen-bond acceptors (Lipinski definition) is 4. The van der Waals surface area contributed by atoms with Crippen LogP contribution in [0.2, 0.25) is 0 Å². The summed E-state index contributed by atoms with van der Waals surface area (Å²) in [5.41, 5.74) is 2.04. The number of methoxy groups -OCH3 is 1. The summed E-state index contributed by atoms with van der Waals surface area (Å²) in [6.45, 7) is 4.08. The van der Waals surface area contributed by atoms with Gasteiger partial charge in [0.15, 0.2) is 5.65 Å². The molecule has 1 saturated heterocycles. The molecule has 21 heavy (non-hydrogen) atoms. The Kier molecular flexibility index (Phi) is 4.83. The van der Waals surface area contributed by atoms with Crippen molar-refractivity contribution in [3.8, 4) is 0 Å². The second kappa shape index (κ2) is 7.00. The quantitative estimate of drug-likeness (QED) is 0.826. The van der Waals surface area contributed by atoms with Crippen molar-refractivity contribution in [1.82, 2.24) is 19.9 Å². The van der Waals surface area contributed by atoms with Crippen LogP contribution in [0.5, 0.6) is 0 Å². The number of pyridine rings is 1. The van der Waals surface area contributed by atoms with Gasteiger partial charge >= 0.3 is 0 Å². The molecule has 0 bridgehead atoms. The number of fused-ring (bicyclic) bond motifs is 1. The van der Waals surface area contributed by atoms with Gasteiger partial charge < -0.3 is 14.6 Å². The second-order valence-electron chi connectivity index (χ2n) is 5.77. The number of rotatable bonds is 6. The van der Waals surface area contributed by atoms with Gasteiger partial charge in [-0.3, -0.25) is 0 Å². The highest BCUT2D eigenvalue weighted by Crippen LogP contribution is 2.21. The van der Waals surface area contributed by atoms with E-state index in [1.54, 1.807) is 7.11 Å². The van der Waals surface area contributed by atoms with Gasteiger partial charge in [-0.15, -0.1) is 0 Å². The van der Waals surface area contributed by atoms with Gasteiger partial charge in [-0.25, -0.2) is 9.97 Å². The largest absolute Gasteiger partial charge is 0.385 e. The minimum Gasteiger partial charge on any atom is -0.385 e. The molecule has 1 fully saturated rings. The Labute approximate surface area is 125 Å². The molecule has 5 heteroatoms. The number of nitrogens with zero attached hydrogens (tertiary/aromatic N) is 3. The van der Waals surface area contributed by atoms with Crippen LogP contribution in [0.25, 0.3) is 11.2 Å². The van der Waals surface area contributed by atoms with E-state index in [2.05, 4.69) is 20.9 Å². The summed E-state index contributed by atoms with van der Waals surface area (Å²) in [6.07, 6.45) is 6.30. The van der Waals surface area contributed by atoms with Crippen molar-refractivity contribution < 1.29 is 4.74 Å². The molecule has 0 spiro atoms. The van der Waals surface area contributed by atoms with Crippen LogP contribution in [0.1, 0.15) is 25.1 Å². The molecule has 2 aromatic heterocycles. The minimum atomic E-state index is 0.729. The van der Waals surface area contributed by atoms with Crippen LogP contribution in [0.3, 0.4) is 0 Å². The predicted molar refractivity (Wildman–Crippen MR) is 83.3 cm³/mol. The zero-order chi connectivity index (χ0) is 14.5. The van der Waals surface area contributed by atoms with Crippen LogP contribution in [-0.2, 0) is 17.7 Å². The highest BCUT2D eigenvalue weighted by molar-refractivity contribution is 5.71. The molecular weight excluding hydrogens is 264 g/mol. The lowest BCUT2D eigenvalue weighted by Gasteiger charge is -2.23. The third-order valence-corrected chi connectivity index (χ3v) is 4.23. The molecule has 0 amide bonds. The molecule has 1 aliphatic heterocycles. The average molecular weight is 288 g/mol. The topological polar surface area (TPSA) is 52.0 Å². The maximum absolute atomic E-state index is 5.17. The van der Waals surface area contributed by atoms with Crippen molar-refractivity contribution in [3.05, 3.63) is 24.2 Å². The first-order valence-corrected chi connectivity index (χ1v) is 7.88. The summed E-state index contributed by atoms with van der Waals surface area (Å²) in [5.74, 6) is 1.88. The predicted octanol–water partition coefficient (Wildman–Crippen LogP) is 2.01. The highest BCUT2D eigenvalue weighted by Gasteiger charge is 2.18. The molecule has 0 unspecified atom stereocenters. The van der Waals surface area contributed by atoms with Crippen LogP contribution in [-0.4, -0.2) is 41.3 Å². The normalized spacial score (nSPS) is 16.6. The first-order valence-electron chi connectivity index (χ1n) is 7.88. The summed E-state index contributed by atoms with van der Waals surface area (Å²) in [6, 6.07) is 4.02. The first kappa shape index (κ1) is 14.5. The van der Waals surface area contributed by atoms with Crippen LogP contribution < -0.4 is 5.32 Å². The number of piperidine rings is 1. The van der Waals surface area contributed by atoms with E-state index >= 15 is 0 Å². The van der Waals surface area contributed by atoms with E-state index < -0.39 is 0 Å². The van der Waals surface area contributed by atoms with E-state index in [1.165, 1.54) is 12.8 Å². The van der Waals surface area contributed by atoms with Gasteiger partial charge in [0.2, 0.25) is 0 Å². The summed E-state index contributed by atoms with van der Waals surface area (Å²) >= 11 is 0. The van der Waals surface area contributed by atoms with Crippen molar-refractivity contribution in [1.29, 1.82) is 0 Å². The van der Waals surface area contributed by atoms with Gasteiger partial charge in [-0.05, 0) is 50.4 Å². The summed E-state index contributed by atoms with van der Waals surface area (Å²) in [4.78, 5) is 9.33. The van der Waals surface area contributed by atoms with Gasteiger partial charge in [-0.1, -0.05) is 0 Å². The Balaban J connectivity index is 1.83. The molecule has 5 nitrogen and oxygen atoms in total. The zero-order valence-electron chi connectivity index (χ0n) is 12.7. The highest BCUT2D eigenvalue weighted by atomic mass is 16.5. The maximum atomic E-state index is 5.17. The summed E-state index contributed by atoms with van der Waals surface area (Å²) < 4.78 is 7.50. The molecule has 0 atom stereocenters. The monoisotopic (exact) mass is 288 g/mol. The Morgan fingerprint density at radius 2 is 2.24 bits per heavy atom. The molecular formula is C16H24N4O. The standard InChI is InChI=1S/C16H24N4O/c1-21-11-3-5-15-19-14-4-2-8-18-16(14)20(15)12-13-6-9-17-10-7-13/h2,4,8,13,17H,3,5-7,9-12H2,1H3. The molecule has 114 valence electrons. The number of ether oxygens (including phenoxy) is 1. The van der Waals surface area contributed by atoms with Gasteiger partial charge in [0.05, 0.1) is 0 Å². The third kappa shape index (κ3) is 3.41. The zero-order valence-corrected chi connectivity index (χ0v) is 12.7. The van der Waals surface area contributed by atoms with Crippen molar-refractivity contribution in [3.63, 3.8) is 0 Å². The molecule has 0 aromatic carbocycles. The molecule has 3 heterocycles. The van der Waals surface area contributed by atoms with E-state index in [0.29, 0.717) is 0 Å². The fourth-order valence-corrected chi connectivity index (χ4v) is 3.09. The van der Waals surface area contributed by atoms with Crippen LogP contribution in [0, 0.1) is 5.92 Å². The lowest BCUT2D eigenvalue weighted by Crippen LogP contribution is -2.30. The smallest absolute Gasteiger partial charge is 0.159 e. The Bertz CT molecular complexity index is 575. The molecule has 1 aliphatic rings. The molecule has 0 radical (unpaired) electrons. The maximum Gasteiger partial charge on any atom is 0.159 e. The lowest BCUT2D eigenvalue weighted by molar-refractivity contribution is 0.194. The number of hydrogen-bond donors (Lipinski definition) is 1. The SMILES string of the molecule is COCCCc1nc2cccnc2n1CC1CCNCC1. The molecule has 0 aliphatic carbocycles. The fourth-order valence-electron chi connectivity index (χ4n) is 3.09. The van der Waals surface area contributed by atoms with Crippen LogP contribution >= 0.6 is 0 Å². The van der Waals surface area contributed by atoms with E-state index in [0.717, 1.165) is 62.0 Å². The van der Waals surface area contributed by atoms with E-state index in [-0.39, 0.29) is 0 Å². The Morgan fingerprint density at radius 3 is 3.05 bits per heavy atom. The van der Waals surface area contributed by atoms with Crippen molar-refractivity contribution >= 4 is 11.2 Å². The minimum absolute atomic E-state index is 0.729. The van der Waals surface area contributed by atoms with Crippen molar-refractivity contribution in [2.45, 2.75) is 32.2 Å². The summed E-state index contributed by atoms with van der Waals surface area (Å²) in [7, 11) is 1.75. The molecule has 3 rings (SSSR count). The van der Waals surface area contributed by atoms with Gasteiger partial charge in [0, 0.05) is 32.9 Å².